The molecule has 0 aliphatic rings. The largest absolute Gasteiger partial charge is 0.208 e. The van der Waals surface area contributed by atoms with Crippen LogP contribution in [-0.2, 0) is 0 Å². The summed E-state index contributed by atoms with van der Waals surface area (Å²) in [5, 5.41) is 4.63. The van der Waals surface area contributed by atoms with E-state index in [9.17, 15) is 0 Å². The zero-order valence-corrected chi connectivity index (χ0v) is 19.2. The van der Waals surface area contributed by atoms with Gasteiger partial charge in [-0.25, -0.2) is 15.0 Å². The van der Waals surface area contributed by atoms with Crippen LogP contribution in [-0.4, -0.2) is 15.0 Å². The van der Waals surface area contributed by atoms with E-state index in [4.69, 9.17) is 15.0 Å². The monoisotopic (exact) mass is 487 g/mol. The quantitative estimate of drug-likeness (QED) is 0.254. The fraction of sp³-hybridized carbons (Fsp3) is 0. The Morgan fingerprint density at radius 2 is 1.06 bits per heavy atom. The SMILES string of the molecule is Brc1ccc(-c2nc(-c3ccc4ccccc4c3)nc(-c3cccc4ccccc34)n2)cc1. The number of hydrogen-bond acceptors (Lipinski definition) is 3. The van der Waals surface area contributed by atoms with E-state index in [-0.39, 0.29) is 0 Å². The Morgan fingerprint density at radius 1 is 0.455 bits per heavy atom. The molecule has 0 unspecified atom stereocenters. The molecule has 0 atom stereocenters. The Hall–Kier alpha value is -3.89. The van der Waals surface area contributed by atoms with Gasteiger partial charge in [0.1, 0.15) is 0 Å². The number of nitrogens with zero attached hydrogens (tertiary/aromatic N) is 3. The number of rotatable bonds is 3. The van der Waals surface area contributed by atoms with Crippen LogP contribution in [0.5, 0.6) is 0 Å². The van der Waals surface area contributed by atoms with Gasteiger partial charge in [0, 0.05) is 21.2 Å². The summed E-state index contributed by atoms with van der Waals surface area (Å²) in [6.07, 6.45) is 0. The molecule has 0 aliphatic heterocycles. The van der Waals surface area contributed by atoms with Crippen LogP contribution in [0.15, 0.2) is 114 Å². The third-order valence-corrected chi connectivity index (χ3v) is 6.30. The summed E-state index contributed by atoms with van der Waals surface area (Å²) in [4.78, 5) is 14.7. The molecule has 0 saturated heterocycles. The van der Waals surface area contributed by atoms with Gasteiger partial charge in [0.15, 0.2) is 17.5 Å². The zero-order valence-electron chi connectivity index (χ0n) is 17.6. The minimum atomic E-state index is 0.656. The van der Waals surface area contributed by atoms with Crippen LogP contribution >= 0.6 is 15.9 Å². The van der Waals surface area contributed by atoms with Gasteiger partial charge in [0.2, 0.25) is 0 Å². The van der Waals surface area contributed by atoms with Crippen molar-refractivity contribution in [3.63, 3.8) is 0 Å². The van der Waals surface area contributed by atoms with Gasteiger partial charge in [-0.15, -0.1) is 0 Å². The molecule has 0 fully saturated rings. The highest BCUT2D eigenvalue weighted by atomic mass is 79.9. The second-order valence-electron chi connectivity index (χ2n) is 7.90. The smallest absolute Gasteiger partial charge is 0.164 e. The number of hydrogen-bond donors (Lipinski definition) is 0. The standard InChI is InChI=1S/C29H18BrN3/c30-24-16-14-21(15-17-24)27-31-28(23-13-12-19-6-1-2-8-22(19)18-23)33-29(32-27)26-11-5-9-20-7-3-4-10-25(20)26/h1-18H. The van der Waals surface area contributed by atoms with Crippen molar-refractivity contribution in [1.29, 1.82) is 0 Å². The van der Waals surface area contributed by atoms with Crippen molar-refractivity contribution >= 4 is 37.5 Å². The molecule has 156 valence electrons. The summed E-state index contributed by atoms with van der Waals surface area (Å²) < 4.78 is 1.02. The normalized spacial score (nSPS) is 11.2. The Balaban J connectivity index is 1.60. The first-order valence-corrected chi connectivity index (χ1v) is 11.5. The molecule has 1 aromatic heterocycles. The first kappa shape index (κ1) is 19.8. The molecule has 3 nitrogen and oxygen atoms in total. The first-order valence-electron chi connectivity index (χ1n) is 10.7. The molecule has 6 aromatic rings. The summed E-state index contributed by atoms with van der Waals surface area (Å²) >= 11 is 3.52. The first-order chi connectivity index (χ1) is 16.2. The maximum absolute atomic E-state index is 4.94. The van der Waals surface area contributed by atoms with Gasteiger partial charge >= 0.3 is 0 Å². The molecule has 0 spiro atoms. The van der Waals surface area contributed by atoms with Crippen molar-refractivity contribution in [2.75, 3.05) is 0 Å². The third-order valence-electron chi connectivity index (χ3n) is 5.78. The highest BCUT2D eigenvalue weighted by Crippen LogP contribution is 2.30. The minimum Gasteiger partial charge on any atom is -0.208 e. The maximum Gasteiger partial charge on any atom is 0.164 e. The van der Waals surface area contributed by atoms with Crippen LogP contribution in [0.3, 0.4) is 0 Å². The van der Waals surface area contributed by atoms with Gasteiger partial charge < -0.3 is 0 Å². The Labute approximate surface area is 199 Å². The van der Waals surface area contributed by atoms with Crippen molar-refractivity contribution in [2.45, 2.75) is 0 Å². The number of fused-ring (bicyclic) bond motifs is 2. The lowest BCUT2D eigenvalue weighted by molar-refractivity contribution is 1.08. The molecule has 0 amide bonds. The summed E-state index contributed by atoms with van der Waals surface area (Å²) in [5.41, 5.74) is 2.91. The van der Waals surface area contributed by atoms with Gasteiger partial charge in [-0.05, 0) is 39.7 Å². The van der Waals surface area contributed by atoms with Crippen molar-refractivity contribution in [1.82, 2.24) is 15.0 Å². The molecule has 33 heavy (non-hydrogen) atoms. The van der Waals surface area contributed by atoms with Crippen LogP contribution in [0, 0.1) is 0 Å². The van der Waals surface area contributed by atoms with Crippen LogP contribution in [0.4, 0.5) is 0 Å². The number of halogens is 1. The van der Waals surface area contributed by atoms with E-state index < -0.39 is 0 Å². The van der Waals surface area contributed by atoms with Crippen LogP contribution in [0.1, 0.15) is 0 Å². The average molecular weight is 488 g/mol. The van der Waals surface area contributed by atoms with Gasteiger partial charge in [0.25, 0.3) is 0 Å². The highest BCUT2D eigenvalue weighted by molar-refractivity contribution is 9.10. The second-order valence-corrected chi connectivity index (χ2v) is 8.82. The molecule has 0 N–H and O–H groups in total. The maximum atomic E-state index is 4.94. The number of benzene rings is 5. The van der Waals surface area contributed by atoms with Crippen LogP contribution < -0.4 is 0 Å². The van der Waals surface area contributed by atoms with Crippen molar-refractivity contribution < 1.29 is 0 Å². The predicted molar refractivity (Wildman–Crippen MR) is 139 cm³/mol. The average Bonchev–Trinajstić information content (AvgIpc) is 2.88. The lowest BCUT2D eigenvalue weighted by Gasteiger charge is -2.11. The van der Waals surface area contributed by atoms with E-state index in [2.05, 4.69) is 82.7 Å². The lowest BCUT2D eigenvalue weighted by atomic mass is 10.0. The lowest BCUT2D eigenvalue weighted by Crippen LogP contribution is -2.00. The molecule has 5 aromatic carbocycles. The summed E-state index contributed by atoms with van der Waals surface area (Å²) in [6, 6.07) is 37.3. The fourth-order valence-corrected chi connectivity index (χ4v) is 4.37. The van der Waals surface area contributed by atoms with Gasteiger partial charge in [-0.1, -0.05) is 107 Å². The molecular weight excluding hydrogens is 470 g/mol. The fourth-order valence-electron chi connectivity index (χ4n) is 4.10. The van der Waals surface area contributed by atoms with Crippen LogP contribution in [0.25, 0.3) is 55.7 Å². The second kappa shape index (κ2) is 8.23. The molecule has 0 saturated carbocycles. The molecular formula is C29H18BrN3. The summed E-state index contributed by atoms with van der Waals surface area (Å²) in [6.45, 7) is 0. The third kappa shape index (κ3) is 3.79. The summed E-state index contributed by atoms with van der Waals surface area (Å²) in [7, 11) is 0. The summed E-state index contributed by atoms with van der Waals surface area (Å²) in [5.74, 6) is 1.99. The highest BCUT2D eigenvalue weighted by Gasteiger charge is 2.14. The molecule has 0 aliphatic carbocycles. The van der Waals surface area contributed by atoms with Crippen LogP contribution in [0.2, 0.25) is 0 Å². The van der Waals surface area contributed by atoms with E-state index in [0.29, 0.717) is 17.5 Å². The topological polar surface area (TPSA) is 38.7 Å². The molecule has 1 heterocycles. The molecule has 6 rings (SSSR count). The van der Waals surface area contributed by atoms with Gasteiger partial charge in [0.05, 0.1) is 0 Å². The van der Waals surface area contributed by atoms with Crippen molar-refractivity contribution in [3.05, 3.63) is 114 Å². The Bertz CT molecular complexity index is 1620. The minimum absolute atomic E-state index is 0.656. The molecule has 0 bridgehead atoms. The van der Waals surface area contributed by atoms with E-state index in [1.807, 2.05) is 42.5 Å². The van der Waals surface area contributed by atoms with Gasteiger partial charge in [-0.2, -0.15) is 0 Å². The Kier molecular flexibility index (Phi) is 4.93. The van der Waals surface area contributed by atoms with E-state index in [0.717, 1.165) is 37.3 Å². The van der Waals surface area contributed by atoms with Crippen molar-refractivity contribution in [2.24, 2.45) is 0 Å². The van der Waals surface area contributed by atoms with E-state index >= 15 is 0 Å². The van der Waals surface area contributed by atoms with Crippen molar-refractivity contribution in [3.8, 4) is 34.2 Å². The number of aromatic nitrogens is 3. The Morgan fingerprint density at radius 3 is 1.88 bits per heavy atom. The molecule has 0 radical (unpaired) electrons. The van der Waals surface area contributed by atoms with E-state index in [1.54, 1.807) is 0 Å². The zero-order chi connectivity index (χ0) is 22.2. The predicted octanol–water partition coefficient (Wildman–Crippen LogP) is 7.94. The molecule has 4 heteroatoms. The van der Waals surface area contributed by atoms with E-state index in [1.165, 1.54) is 5.39 Å². The van der Waals surface area contributed by atoms with Gasteiger partial charge in [-0.3, -0.25) is 0 Å².